The molecule has 2 heteroatoms. The topological polar surface area (TPSA) is 30.0 Å². The van der Waals surface area contributed by atoms with Crippen LogP contribution >= 0.6 is 0 Å². The second kappa shape index (κ2) is 4.15. The third-order valence-electron chi connectivity index (χ3n) is 5.35. The van der Waals surface area contributed by atoms with Crippen molar-refractivity contribution in [2.75, 3.05) is 0 Å². The minimum atomic E-state index is 0.112. The van der Waals surface area contributed by atoms with E-state index in [1.807, 2.05) is 36.4 Å². The molecule has 0 bridgehead atoms. The highest BCUT2D eigenvalue weighted by molar-refractivity contribution is 5.88. The summed E-state index contributed by atoms with van der Waals surface area (Å²) < 4.78 is 0. The molecule has 0 spiro atoms. The Morgan fingerprint density at radius 3 is 2.35 bits per heavy atom. The number of ketones is 1. The number of para-hydroxylation sites is 1. The summed E-state index contributed by atoms with van der Waals surface area (Å²) in [5.74, 6) is 0.478. The van der Waals surface area contributed by atoms with Crippen molar-refractivity contribution in [3.63, 3.8) is 0 Å². The summed E-state index contributed by atoms with van der Waals surface area (Å²) in [5.41, 5.74) is 2.07. The van der Waals surface area contributed by atoms with Crippen molar-refractivity contribution in [2.45, 2.75) is 34.1 Å². The summed E-state index contributed by atoms with van der Waals surface area (Å²) in [7, 11) is 0. The van der Waals surface area contributed by atoms with Gasteiger partial charge in [0.2, 0.25) is 0 Å². The van der Waals surface area contributed by atoms with E-state index in [-0.39, 0.29) is 16.7 Å². The first kappa shape index (κ1) is 13.3. The van der Waals surface area contributed by atoms with Crippen molar-refractivity contribution in [3.8, 4) is 0 Å². The van der Waals surface area contributed by atoms with Crippen LogP contribution in [0.25, 0.3) is 10.9 Å². The van der Waals surface area contributed by atoms with Crippen molar-refractivity contribution >= 4 is 16.7 Å². The van der Waals surface area contributed by atoms with Gasteiger partial charge in [0, 0.05) is 23.4 Å². The van der Waals surface area contributed by atoms with Gasteiger partial charge in [-0.1, -0.05) is 52.0 Å². The number of carbonyl (C=O) groups excluding carboxylic acids is 1. The summed E-state index contributed by atoms with van der Waals surface area (Å²) in [4.78, 5) is 17.1. The summed E-state index contributed by atoms with van der Waals surface area (Å²) in [6.45, 7) is 8.74. The lowest BCUT2D eigenvalue weighted by atomic mass is 10.0. The van der Waals surface area contributed by atoms with E-state index in [1.165, 1.54) is 0 Å². The summed E-state index contributed by atoms with van der Waals surface area (Å²) in [5, 5.41) is 1.12. The zero-order valence-corrected chi connectivity index (χ0v) is 12.6. The molecule has 20 heavy (non-hydrogen) atoms. The van der Waals surface area contributed by atoms with Crippen LogP contribution in [-0.2, 0) is 11.2 Å². The molecule has 0 aliphatic heterocycles. The minimum absolute atomic E-state index is 0.112. The number of fused-ring (bicyclic) bond motifs is 1. The Morgan fingerprint density at radius 2 is 1.70 bits per heavy atom. The lowest BCUT2D eigenvalue weighted by Gasteiger charge is -2.04. The number of hydrogen-bond acceptors (Lipinski definition) is 2. The van der Waals surface area contributed by atoms with Crippen LogP contribution in [0.15, 0.2) is 36.4 Å². The highest BCUT2D eigenvalue weighted by Gasteiger charge is 2.67. The first-order valence-corrected chi connectivity index (χ1v) is 7.21. The standard InChI is InChI=1S/C18H21NO/c1-17(2)16(18(17,3)4)15(20)11-13-10-9-12-7-5-6-8-14(12)19-13/h5-10,16H,11H2,1-4H3. The average molecular weight is 267 g/mol. The summed E-state index contributed by atoms with van der Waals surface area (Å²) >= 11 is 0. The Bertz CT molecular complexity index is 671. The lowest BCUT2D eigenvalue weighted by Crippen LogP contribution is -2.11. The Morgan fingerprint density at radius 1 is 1.05 bits per heavy atom. The molecule has 1 aliphatic rings. The first-order chi connectivity index (χ1) is 9.34. The number of hydrogen-bond donors (Lipinski definition) is 0. The fraction of sp³-hybridized carbons (Fsp3) is 0.444. The molecule has 0 atom stereocenters. The molecule has 0 saturated heterocycles. The first-order valence-electron chi connectivity index (χ1n) is 7.21. The minimum Gasteiger partial charge on any atom is -0.299 e. The van der Waals surface area contributed by atoms with Gasteiger partial charge in [0.15, 0.2) is 0 Å². The highest BCUT2D eigenvalue weighted by Crippen LogP contribution is 2.68. The molecule has 2 aromatic rings. The maximum atomic E-state index is 12.5. The van der Waals surface area contributed by atoms with Crippen molar-refractivity contribution < 1.29 is 4.79 Å². The van der Waals surface area contributed by atoms with Gasteiger partial charge in [-0.05, 0) is 23.0 Å². The van der Waals surface area contributed by atoms with Gasteiger partial charge < -0.3 is 0 Å². The van der Waals surface area contributed by atoms with Gasteiger partial charge in [0.05, 0.1) is 5.52 Å². The van der Waals surface area contributed by atoms with Crippen molar-refractivity contribution in [3.05, 3.63) is 42.1 Å². The smallest absolute Gasteiger partial charge is 0.143 e. The van der Waals surface area contributed by atoms with Crippen molar-refractivity contribution in [2.24, 2.45) is 16.7 Å². The van der Waals surface area contributed by atoms with Crippen LogP contribution in [0.3, 0.4) is 0 Å². The third-order valence-corrected chi connectivity index (χ3v) is 5.35. The zero-order chi connectivity index (χ0) is 14.5. The van der Waals surface area contributed by atoms with Crippen LogP contribution in [-0.4, -0.2) is 10.8 Å². The van der Waals surface area contributed by atoms with Crippen LogP contribution in [0.1, 0.15) is 33.4 Å². The van der Waals surface area contributed by atoms with Gasteiger partial charge >= 0.3 is 0 Å². The van der Waals surface area contributed by atoms with Gasteiger partial charge in [0.1, 0.15) is 5.78 Å². The van der Waals surface area contributed by atoms with Gasteiger partial charge in [0.25, 0.3) is 0 Å². The van der Waals surface area contributed by atoms with Crippen LogP contribution in [0.5, 0.6) is 0 Å². The fourth-order valence-corrected chi connectivity index (χ4v) is 3.49. The fourth-order valence-electron chi connectivity index (χ4n) is 3.49. The van der Waals surface area contributed by atoms with Crippen molar-refractivity contribution in [1.29, 1.82) is 0 Å². The van der Waals surface area contributed by atoms with E-state index in [9.17, 15) is 4.79 Å². The molecular weight excluding hydrogens is 246 g/mol. The quantitative estimate of drug-likeness (QED) is 0.840. The number of aromatic nitrogens is 1. The molecule has 0 amide bonds. The Balaban J connectivity index is 1.82. The van der Waals surface area contributed by atoms with Gasteiger partial charge in [-0.3, -0.25) is 9.78 Å². The molecular formula is C18H21NO. The normalized spacial score (nSPS) is 20.0. The predicted molar refractivity (Wildman–Crippen MR) is 81.5 cm³/mol. The highest BCUT2D eigenvalue weighted by atomic mass is 16.1. The van der Waals surface area contributed by atoms with Crippen LogP contribution < -0.4 is 0 Å². The van der Waals surface area contributed by atoms with Crippen LogP contribution in [0, 0.1) is 16.7 Å². The Labute approximate surface area is 120 Å². The van der Waals surface area contributed by atoms with E-state index in [2.05, 4.69) is 32.7 Å². The molecule has 1 aliphatic carbocycles. The van der Waals surface area contributed by atoms with Crippen molar-refractivity contribution in [1.82, 2.24) is 4.98 Å². The van der Waals surface area contributed by atoms with E-state index >= 15 is 0 Å². The molecule has 0 N–H and O–H groups in total. The number of carbonyl (C=O) groups is 1. The summed E-state index contributed by atoms with van der Waals surface area (Å²) in [6.07, 6.45) is 0.447. The third kappa shape index (κ3) is 1.86. The molecule has 1 saturated carbocycles. The van der Waals surface area contributed by atoms with Gasteiger partial charge in [-0.2, -0.15) is 0 Å². The van der Waals surface area contributed by atoms with E-state index < -0.39 is 0 Å². The number of Topliss-reactive ketones (excluding diaryl/α,β-unsaturated/α-hetero) is 1. The molecule has 3 rings (SSSR count). The van der Waals surface area contributed by atoms with E-state index in [4.69, 9.17) is 0 Å². The molecule has 1 heterocycles. The van der Waals surface area contributed by atoms with Gasteiger partial charge in [-0.15, -0.1) is 0 Å². The second-order valence-corrected chi connectivity index (χ2v) is 7.01. The number of rotatable bonds is 3. The molecule has 2 nitrogen and oxygen atoms in total. The van der Waals surface area contributed by atoms with E-state index in [0.29, 0.717) is 12.2 Å². The predicted octanol–water partition coefficient (Wildman–Crippen LogP) is 4.03. The summed E-state index contributed by atoms with van der Waals surface area (Å²) in [6, 6.07) is 12.0. The van der Waals surface area contributed by atoms with Crippen LogP contribution in [0.4, 0.5) is 0 Å². The number of nitrogens with zero attached hydrogens (tertiary/aromatic N) is 1. The molecule has 0 radical (unpaired) electrons. The van der Waals surface area contributed by atoms with E-state index in [0.717, 1.165) is 16.6 Å². The van der Waals surface area contributed by atoms with E-state index in [1.54, 1.807) is 0 Å². The molecule has 0 unspecified atom stereocenters. The molecule has 104 valence electrons. The SMILES string of the molecule is CC1(C)C(C(=O)Cc2ccc3ccccc3n2)C1(C)C. The Hall–Kier alpha value is -1.70. The average Bonchev–Trinajstić information content (AvgIpc) is 2.79. The number of benzene rings is 1. The molecule has 1 aromatic heterocycles. The Kier molecular flexibility index (Phi) is 2.75. The number of pyridine rings is 1. The largest absolute Gasteiger partial charge is 0.299 e. The van der Waals surface area contributed by atoms with Gasteiger partial charge in [-0.25, -0.2) is 0 Å². The second-order valence-electron chi connectivity index (χ2n) is 7.01. The lowest BCUT2D eigenvalue weighted by molar-refractivity contribution is -0.120. The molecule has 1 fully saturated rings. The molecule has 1 aromatic carbocycles. The monoisotopic (exact) mass is 267 g/mol. The van der Waals surface area contributed by atoms with Crippen LogP contribution in [0.2, 0.25) is 0 Å². The maximum Gasteiger partial charge on any atom is 0.143 e. The maximum absolute atomic E-state index is 12.5. The zero-order valence-electron chi connectivity index (χ0n) is 12.6.